The van der Waals surface area contributed by atoms with Crippen LogP contribution < -0.4 is 0 Å². The summed E-state index contributed by atoms with van der Waals surface area (Å²) < 4.78 is 13.2. The summed E-state index contributed by atoms with van der Waals surface area (Å²) in [6.45, 7) is 4.95. The Kier molecular flexibility index (Phi) is 5.58. The highest BCUT2D eigenvalue weighted by molar-refractivity contribution is 5.25. The molecular weight excluding hydrogens is 387 g/mol. The second-order valence-corrected chi connectivity index (χ2v) is 11.6. The molecule has 0 aliphatic heterocycles. The van der Waals surface area contributed by atoms with E-state index in [2.05, 4.69) is 19.9 Å². The molecule has 0 amide bonds. The van der Waals surface area contributed by atoms with Crippen LogP contribution in [-0.2, 0) is 6.42 Å². The molecular formula is C28H39FO2. The molecule has 3 fully saturated rings. The van der Waals surface area contributed by atoms with Crippen LogP contribution in [0.2, 0.25) is 0 Å². The average molecular weight is 427 g/mol. The average Bonchev–Trinajstić information content (AvgIpc) is 3.11. The predicted octanol–water partition coefficient (Wildman–Crippen LogP) is 6.06. The summed E-state index contributed by atoms with van der Waals surface area (Å²) >= 11 is 0. The van der Waals surface area contributed by atoms with Gasteiger partial charge in [0, 0.05) is 0 Å². The summed E-state index contributed by atoms with van der Waals surface area (Å²) in [5.74, 6) is 2.37. The van der Waals surface area contributed by atoms with Gasteiger partial charge in [0.2, 0.25) is 0 Å². The largest absolute Gasteiger partial charge is 0.393 e. The molecule has 4 aliphatic rings. The zero-order valence-corrected chi connectivity index (χ0v) is 19.2. The highest BCUT2D eigenvalue weighted by Crippen LogP contribution is 2.66. The molecule has 0 saturated heterocycles. The third-order valence-corrected chi connectivity index (χ3v) is 10.3. The minimum atomic E-state index is -0.272. The standard InChI is InChI=1S/C28H39FO2/c1-27-15-13-21(30)17-19(27)6-9-22-23-10-11-25(28(23,2)16-14-24(22)27)26(31)12-5-18-3-7-20(29)8-4-18/h3-4,6-8,21-26,30-31H,5,9-17H2,1-2H3/t21-,22-,23-,24-,25+,26-,27-,28-/m0/s1. The SMILES string of the molecule is C[C@]12CC[C@H]3[C@@H](CC=C4C[C@@H](O)CC[C@@]43C)[C@@H]1CC[C@@H]2[C@@H](O)CCc1ccc(F)cc1. The van der Waals surface area contributed by atoms with Crippen molar-refractivity contribution in [3.63, 3.8) is 0 Å². The fraction of sp³-hybridized carbons (Fsp3) is 0.714. The quantitative estimate of drug-likeness (QED) is 0.575. The van der Waals surface area contributed by atoms with Gasteiger partial charge in [-0.1, -0.05) is 37.6 Å². The molecule has 1 aromatic carbocycles. The number of aryl methyl sites for hydroxylation is 1. The van der Waals surface area contributed by atoms with Crippen molar-refractivity contribution in [1.29, 1.82) is 0 Å². The molecule has 2 nitrogen and oxygen atoms in total. The van der Waals surface area contributed by atoms with Gasteiger partial charge in [0.25, 0.3) is 0 Å². The Labute approximate surface area is 187 Å². The van der Waals surface area contributed by atoms with E-state index < -0.39 is 0 Å². The van der Waals surface area contributed by atoms with Gasteiger partial charge in [0.15, 0.2) is 0 Å². The molecule has 4 aliphatic carbocycles. The van der Waals surface area contributed by atoms with Crippen LogP contribution in [0.15, 0.2) is 35.9 Å². The summed E-state index contributed by atoms with van der Waals surface area (Å²) in [6, 6.07) is 6.73. The molecule has 170 valence electrons. The molecule has 0 radical (unpaired) electrons. The van der Waals surface area contributed by atoms with Gasteiger partial charge in [-0.25, -0.2) is 4.39 Å². The van der Waals surface area contributed by atoms with Gasteiger partial charge >= 0.3 is 0 Å². The Morgan fingerprint density at radius 1 is 1.03 bits per heavy atom. The Bertz CT molecular complexity index is 832. The fourth-order valence-electron chi connectivity index (χ4n) is 8.48. The van der Waals surface area contributed by atoms with E-state index in [1.165, 1.54) is 43.4 Å². The number of halogens is 1. The van der Waals surface area contributed by atoms with E-state index in [4.69, 9.17) is 0 Å². The van der Waals surface area contributed by atoms with Crippen LogP contribution >= 0.6 is 0 Å². The third kappa shape index (κ3) is 3.60. The van der Waals surface area contributed by atoms with Crippen LogP contribution in [-0.4, -0.2) is 22.4 Å². The lowest BCUT2D eigenvalue weighted by Crippen LogP contribution is -2.51. The maximum atomic E-state index is 13.2. The third-order valence-electron chi connectivity index (χ3n) is 10.3. The Morgan fingerprint density at radius 2 is 1.81 bits per heavy atom. The Hall–Kier alpha value is -1.19. The minimum Gasteiger partial charge on any atom is -0.393 e. The maximum absolute atomic E-state index is 13.2. The molecule has 2 N–H and O–H groups in total. The molecule has 1 aromatic rings. The number of rotatable bonds is 4. The first-order valence-corrected chi connectivity index (χ1v) is 12.6. The van der Waals surface area contributed by atoms with Crippen LogP contribution in [0, 0.1) is 40.3 Å². The van der Waals surface area contributed by atoms with Gasteiger partial charge in [-0.05, 0) is 116 Å². The lowest BCUT2D eigenvalue weighted by molar-refractivity contribution is -0.0713. The van der Waals surface area contributed by atoms with Crippen LogP contribution in [0.5, 0.6) is 0 Å². The van der Waals surface area contributed by atoms with E-state index >= 15 is 0 Å². The molecule has 3 heteroatoms. The van der Waals surface area contributed by atoms with E-state index in [1.54, 1.807) is 0 Å². The first kappa shape index (κ1) is 21.6. The smallest absolute Gasteiger partial charge is 0.123 e. The zero-order chi connectivity index (χ0) is 21.8. The molecule has 5 rings (SSSR count). The summed E-state index contributed by atoms with van der Waals surface area (Å²) in [6.07, 6.45) is 12.7. The van der Waals surface area contributed by atoms with E-state index in [0.717, 1.165) is 55.9 Å². The molecule has 0 spiro atoms. The van der Waals surface area contributed by atoms with Crippen LogP contribution in [0.25, 0.3) is 0 Å². The van der Waals surface area contributed by atoms with Gasteiger partial charge in [-0.15, -0.1) is 0 Å². The number of aliphatic hydroxyl groups excluding tert-OH is 2. The second kappa shape index (κ2) is 7.99. The van der Waals surface area contributed by atoms with Crippen LogP contribution in [0.3, 0.4) is 0 Å². The van der Waals surface area contributed by atoms with E-state index in [0.29, 0.717) is 11.8 Å². The highest BCUT2D eigenvalue weighted by atomic mass is 19.1. The number of fused-ring (bicyclic) bond motifs is 5. The number of aliphatic hydroxyl groups is 2. The monoisotopic (exact) mass is 426 g/mol. The molecule has 8 atom stereocenters. The van der Waals surface area contributed by atoms with Crippen molar-refractivity contribution in [2.75, 3.05) is 0 Å². The molecule has 0 aromatic heterocycles. The normalized spacial score (nSPS) is 42.9. The summed E-state index contributed by atoms with van der Waals surface area (Å²) in [4.78, 5) is 0. The van der Waals surface area contributed by atoms with Crippen LogP contribution in [0.4, 0.5) is 4.39 Å². The van der Waals surface area contributed by atoms with Crippen molar-refractivity contribution >= 4 is 0 Å². The number of hydrogen-bond donors (Lipinski definition) is 2. The summed E-state index contributed by atoms with van der Waals surface area (Å²) in [5, 5.41) is 21.4. The van der Waals surface area contributed by atoms with Gasteiger partial charge < -0.3 is 10.2 Å². The summed E-state index contributed by atoms with van der Waals surface area (Å²) in [5.41, 5.74) is 3.16. The Balaban J connectivity index is 1.30. The van der Waals surface area contributed by atoms with E-state index in [-0.39, 0.29) is 28.9 Å². The number of benzene rings is 1. The lowest BCUT2D eigenvalue weighted by Gasteiger charge is -2.58. The maximum Gasteiger partial charge on any atom is 0.123 e. The van der Waals surface area contributed by atoms with Crippen molar-refractivity contribution in [2.45, 2.75) is 90.3 Å². The van der Waals surface area contributed by atoms with E-state index in [1.807, 2.05) is 12.1 Å². The minimum absolute atomic E-state index is 0.142. The van der Waals surface area contributed by atoms with Crippen molar-refractivity contribution in [3.05, 3.63) is 47.3 Å². The van der Waals surface area contributed by atoms with E-state index in [9.17, 15) is 14.6 Å². The molecule has 0 unspecified atom stereocenters. The van der Waals surface area contributed by atoms with Gasteiger partial charge in [0.1, 0.15) is 5.82 Å². The molecule has 3 saturated carbocycles. The number of hydrogen-bond acceptors (Lipinski definition) is 2. The molecule has 31 heavy (non-hydrogen) atoms. The Morgan fingerprint density at radius 3 is 2.58 bits per heavy atom. The van der Waals surface area contributed by atoms with Gasteiger partial charge in [-0.3, -0.25) is 0 Å². The number of allylic oxidation sites excluding steroid dienone is 1. The summed E-state index contributed by atoms with van der Waals surface area (Å²) in [7, 11) is 0. The van der Waals surface area contributed by atoms with Crippen LogP contribution in [0.1, 0.15) is 77.2 Å². The first-order valence-electron chi connectivity index (χ1n) is 12.6. The molecule has 0 heterocycles. The molecule has 0 bridgehead atoms. The van der Waals surface area contributed by atoms with Crippen molar-refractivity contribution in [3.8, 4) is 0 Å². The first-order chi connectivity index (χ1) is 14.8. The topological polar surface area (TPSA) is 40.5 Å². The fourth-order valence-corrected chi connectivity index (χ4v) is 8.48. The zero-order valence-electron chi connectivity index (χ0n) is 19.2. The van der Waals surface area contributed by atoms with Gasteiger partial charge in [-0.2, -0.15) is 0 Å². The van der Waals surface area contributed by atoms with Crippen molar-refractivity contribution < 1.29 is 14.6 Å². The second-order valence-electron chi connectivity index (χ2n) is 11.6. The van der Waals surface area contributed by atoms with Gasteiger partial charge in [0.05, 0.1) is 12.2 Å². The predicted molar refractivity (Wildman–Crippen MR) is 122 cm³/mol. The highest BCUT2D eigenvalue weighted by Gasteiger charge is 2.59. The van der Waals surface area contributed by atoms with Crippen molar-refractivity contribution in [2.24, 2.45) is 34.5 Å². The van der Waals surface area contributed by atoms with Crippen molar-refractivity contribution in [1.82, 2.24) is 0 Å². The lowest BCUT2D eigenvalue weighted by atomic mass is 9.47.